The third kappa shape index (κ3) is 2.86. The largest absolute Gasteiger partial charge is 0.493 e. The summed E-state index contributed by atoms with van der Waals surface area (Å²) >= 11 is 6.02. The maximum Gasteiger partial charge on any atom is 0.336 e. The van der Waals surface area contributed by atoms with E-state index in [1.165, 1.54) is 20.3 Å². The second-order valence-corrected chi connectivity index (χ2v) is 5.53. The molecule has 0 saturated carbocycles. The summed E-state index contributed by atoms with van der Waals surface area (Å²) in [6.45, 7) is 0. The number of methoxy groups -OCH3 is 2. The minimum Gasteiger partial charge on any atom is -0.493 e. The summed E-state index contributed by atoms with van der Waals surface area (Å²) in [4.78, 5) is 16.2. The van der Waals surface area contributed by atoms with Crippen LogP contribution in [0.3, 0.4) is 0 Å². The van der Waals surface area contributed by atoms with E-state index in [-0.39, 0.29) is 5.56 Å². The number of fused-ring (bicyclic) bond motifs is 1. The third-order valence-corrected chi connectivity index (χ3v) is 3.90. The van der Waals surface area contributed by atoms with Crippen molar-refractivity contribution in [2.75, 3.05) is 14.2 Å². The van der Waals surface area contributed by atoms with Gasteiger partial charge in [0.05, 0.1) is 31.0 Å². The Hall–Kier alpha value is -2.79. The Labute approximate surface area is 143 Å². The lowest BCUT2D eigenvalue weighted by atomic mass is 10.0. The smallest absolute Gasteiger partial charge is 0.336 e. The molecule has 1 aromatic heterocycles. The van der Waals surface area contributed by atoms with Crippen molar-refractivity contribution in [2.24, 2.45) is 0 Å². The van der Waals surface area contributed by atoms with Crippen molar-refractivity contribution in [3.05, 3.63) is 53.1 Å². The van der Waals surface area contributed by atoms with Crippen molar-refractivity contribution in [3.8, 4) is 22.8 Å². The number of aromatic nitrogens is 1. The summed E-state index contributed by atoms with van der Waals surface area (Å²) in [5.74, 6) is -0.111. The highest BCUT2D eigenvalue weighted by Gasteiger charge is 2.16. The molecule has 0 amide bonds. The van der Waals surface area contributed by atoms with Gasteiger partial charge >= 0.3 is 5.97 Å². The first-order valence-corrected chi connectivity index (χ1v) is 7.47. The van der Waals surface area contributed by atoms with E-state index in [0.717, 1.165) is 5.56 Å². The van der Waals surface area contributed by atoms with Gasteiger partial charge in [-0.3, -0.25) is 0 Å². The molecular weight excluding hydrogens is 330 g/mol. The van der Waals surface area contributed by atoms with Crippen LogP contribution in [0.2, 0.25) is 5.02 Å². The predicted octanol–water partition coefficient (Wildman–Crippen LogP) is 4.27. The summed E-state index contributed by atoms with van der Waals surface area (Å²) in [5, 5.41) is 10.6. The quantitative estimate of drug-likeness (QED) is 0.766. The Kier molecular flexibility index (Phi) is 4.27. The summed E-state index contributed by atoms with van der Waals surface area (Å²) in [6, 6.07) is 11.9. The number of hydrogen-bond donors (Lipinski definition) is 1. The maximum atomic E-state index is 11.7. The summed E-state index contributed by atoms with van der Waals surface area (Å²) in [6.07, 6.45) is 0. The van der Waals surface area contributed by atoms with E-state index in [9.17, 15) is 9.90 Å². The first-order valence-electron chi connectivity index (χ1n) is 7.09. The normalized spacial score (nSPS) is 10.6. The number of aromatic carboxylic acids is 1. The summed E-state index contributed by atoms with van der Waals surface area (Å²) < 4.78 is 10.5. The van der Waals surface area contributed by atoms with Gasteiger partial charge in [0.1, 0.15) is 0 Å². The van der Waals surface area contributed by atoms with Crippen molar-refractivity contribution in [3.63, 3.8) is 0 Å². The van der Waals surface area contributed by atoms with Crippen LogP contribution in [-0.2, 0) is 0 Å². The number of carboxylic acids is 1. The van der Waals surface area contributed by atoms with Crippen LogP contribution in [0.5, 0.6) is 11.5 Å². The van der Waals surface area contributed by atoms with Gasteiger partial charge in [0.25, 0.3) is 0 Å². The minimum atomic E-state index is -1.04. The van der Waals surface area contributed by atoms with Gasteiger partial charge in [0.2, 0.25) is 0 Å². The molecule has 0 spiro atoms. The Bertz CT molecular complexity index is 940. The molecule has 0 radical (unpaired) electrons. The van der Waals surface area contributed by atoms with Crippen molar-refractivity contribution in [1.29, 1.82) is 0 Å². The summed E-state index contributed by atoms with van der Waals surface area (Å²) in [5.41, 5.74) is 1.90. The van der Waals surface area contributed by atoms with E-state index in [1.807, 2.05) is 6.07 Å². The number of rotatable bonds is 4. The Morgan fingerprint density at radius 3 is 2.42 bits per heavy atom. The minimum absolute atomic E-state index is 0.135. The van der Waals surface area contributed by atoms with Gasteiger partial charge in [-0.15, -0.1) is 0 Å². The molecule has 2 aromatic carbocycles. The molecule has 6 heteroatoms. The monoisotopic (exact) mass is 343 g/mol. The number of halogens is 1. The zero-order valence-corrected chi connectivity index (χ0v) is 13.8. The predicted molar refractivity (Wildman–Crippen MR) is 92.3 cm³/mol. The zero-order valence-electron chi connectivity index (χ0n) is 13.0. The van der Waals surface area contributed by atoms with Crippen LogP contribution in [0.25, 0.3) is 22.2 Å². The molecule has 0 saturated heterocycles. The van der Waals surface area contributed by atoms with Crippen LogP contribution in [0, 0.1) is 0 Å². The lowest BCUT2D eigenvalue weighted by Crippen LogP contribution is -2.01. The van der Waals surface area contributed by atoms with E-state index < -0.39 is 5.97 Å². The van der Waals surface area contributed by atoms with E-state index in [1.54, 1.807) is 30.3 Å². The van der Waals surface area contributed by atoms with E-state index in [0.29, 0.717) is 33.1 Å². The molecule has 3 aromatic rings. The first kappa shape index (κ1) is 16.1. The lowest BCUT2D eigenvalue weighted by Gasteiger charge is -2.12. The number of pyridine rings is 1. The van der Waals surface area contributed by atoms with Crippen molar-refractivity contribution in [1.82, 2.24) is 4.98 Å². The number of carboxylic acid groups (broad SMARTS) is 1. The molecule has 0 aliphatic heterocycles. The van der Waals surface area contributed by atoms with Crippen molar-refractivity contribution in [2.45, 2.75) is 0 Å². The van der Waals surface area contributed by atoms with Gasteiger partial charge in [0, 0.05) is 22.0 Å². The molecule has 0 aliphatic carbocycles. The number of carbonyl (C=O) groups is 1. The van der Waals surface area contributed by atoms with Crippen LogP contribution in [0.1, 0.15) is 10.4 Å². The standard InChI is InChI=1S/C18H14ClNO4/c1-23-16-8-12-13(18(21)22)7-14(10-4-3-5-11(19)6-10)20-15(12)9-17(16)24-2/h3-9H,1-2H3,(H,21,22). The fraction of sp³-hybridized carbons (Fsp3) is 0.111. The van der Waals surface area contributed by atoms with Crippen LogP contribution in [0.4, 0.5) is 0 Å². The molecule has 0 bridgehead atoms. The Balaban J connectivity index is 2.32. The average Bonchev–Trinajstić information content (AvgIpc) is 2.59. The van der Waals surface area contributed by atoms with E-state index >= 15 is 0 Å². The number of ether oxygens (including phenoxy) is 2. The highest BCUT2D eigenvalue weighted by atomic mass is 35.5. The SMILES string of the molecule is COc1cc2nc(-c3cccc(Cl)c3)cc(C(=O)O)c2cc1OC. The molecule has 0 unspecified atom stereocenters. The number of benzene rings is 2. The summed E-state index contributed by atoms with van der Waals surface area (Å²) in [7, 11) is 3.01. The first-order chi connectivity index (χ1) is 11.5. The van der Waals surface area contributed by atoms with Gasteiger partial charge in [-0.25, -0.2) is 9.78 Å². The molecule has 0 fully saturated rings. The molecule has 122 valence electrons. The molecule has 0 aliphatic rings. The second kappa shape index (κ2) is 6.37. The van der Waals surface area contributed by atoms with E-state index in [2.05, 4.69) is 4.98 Å². The lowest BCUT2D eigenvalue weighted by molar-refractivity contribution is 0.0699. The van der Waals surface area contributed by atoms with Gasteiger partial charge in [0.15, 0.2) is 11.5 Å². The number of nitrogens with zero attached hydrogens (tertiary/aromatic N) is 1. The molecule has 5 nitrogen and oxygen atoms in total. The van der Waals surface area contributed by atoms with Crippen LogP contribution < -0.4 is 9.47 Å². The average molecular weight is 344 g/mol. The molecule has 24 heavy (non-hydrogen) atoms. The number of hydrogen-bond acceptors (Lipinski definition) is 4. The third-order valence-electron chi connectivity index (χ3n) is 3.66. The Morgan fingerprint density at radius 1 is 1.08 bits per heavy atom. The highest BCUT2D eigenvalue weighted by molar-refractivity contribution is 6.30. The molecule has 1 heterocycles. The molecular formula is C18H14ClNO4. The molecule has 1 N–H and O–H groups in total. The topological polar surface area (TPSA) is 68.7 Å². The molecule has 0 atom stereocenters. The Morgan fingerprint density at radius 2 is 1.79 bits per heavy atom. The van der Waals surface area contributed by atoms with Crippen molar-refractivity contribution < 1.29 is 19.4 Å². The highest BCUT2D eigenvalue weighted by Crippen LogP contribution is 2.35. The molecule has 3 rings (SSSR count). The maximum absolute atomic E-state index is 11.7. The van der Waals surface area contributed by atoms with Crippen LogP contribution in [-0.4, -0.2) is 30.3 Å². The van der Waals surface area contributed by atoms with Crippen molar-refractivity contribution >= 4 is 28.5 Å². The fourth-order valence-corrected chi connectivity index (χ4v) is 2.72. The van der Waals surface area contributed by atoms with Gasteiger partial charge in [-0.1, -0.05) is 23.7 Å². The fourth-order valence-electron chi connectivity index (χ4n) is 2.53. The van der Waals surface area contributed by atoms with E-state index in [4.69, 9.17) is 21.1 Å². The second-order valence-electron chi connectivity index (χ2n) is 5.09. The van der Waals surface area contributed by atoms with Crippen LogP contribution >= 0.6 is 11.6 Å². The van der Waals surface area contributed by atoms with Gasteiger partial charge in [-0.05, 0) is 24.3 Å². The van der Waals surface area contributed by atoms with Crippen LogP contribution in [0.15, 0.2) is 42.5 Å². The zero-order chi connectivity index (χ0) is 17.3. The van der Waals surface area contributed by atoms with Gasteiger partial charge < -0.3 is 14.6 Å². The van der Waals surface area contributed by atoms with Gasteiger partial charge in [-0.2, -0.15) is 0 Å².